The zero-order valence-corrected chi connectivity index (χ0v) is 16.2. The van der Waals surface area contributed by atoms with Gasteiger partial charge in [-0.15, -0.1) is 0 Å². The second-order valence-electron chi connectivity index (χ2n) is 6.80. The highest BCUT2D eigenvalue weighted by atomic mass is 32.2. The molecule has 0 aliphatic carbocycles. The molecule has 0 atom stereocenters. The molecule has 0 fully saturated rings. The van der Waals surface area contributed by atoms with Gasteiger partial charge >= 0.3 is 0 Å². The highest BCUT2D eigenvalue weighted by Crippen LogP contribution is 2.18. The number of benzene rings is 1. The van der Waals surface area contributed by atoms with Crippen LogP contribution in [-0.2, 0) is 4.79 Å². The lowest BCUT2D eigenvalue weighted by atomic mass is 10.1. The fourth-order valence-corrected chi connectivity index (χ4v) is 2.74. The maximum absolute atomic E-state index is 13.2. The molecule has 0 bridgehead atoms. The summed E-state index contributed by atoms with van der Waals surface area (Å²) in [5, 5.41) is 5.07. The van der Waals surface area contributed by atoms with Gasteiger partial charge in [-0.2, -0.15) is 0 Å². The number of thioether (sulfide) groups is 1. The number of nitrogens with zero attached hydrogens (tertiary/aromatic N) is 1. The van der Waals surface area contributed by atoms with Crippen molar-refractivity contribution in [1.29, 1.82) is 0 Å². The van der Waals surface area contributed by atoms with Crippen LogP contribution in [0.3, 0.4) is 0 Å². The summed E-state index contributed by atoms with van der Waals surface area (Å²) >= 11 is 0.962. The van der Waals surface area contributed by atoms with E-state index in [0.717, 1.165) is 23.9 Å². The average Bonchev–Trinajstić information content (AvgIpc) is 2.57. The molecule has 28 heavy (non-hydrogen) atoms. The Morgan fingerprint density at radius 2 is 1.93 bits per heavy atom. The van der Waals surface area contributed by atoms with Gasteiger partial charge in [-0.25, -0.2) is 13.8 Å². The molecule has 5 N–H and O–H groups in total. The molecule has 2 rings (SSSR count). The van der Waals surface area contributed by atoms with Crippen molar-refractivity contribution < 1.29 is 18.4 Å². The third-order valence-electron chi connectivity index (χ3n) is 3.20. The number of rotatable bonds is 5. The number of amides is 2. The van der Waals surface area contributed by atoms with E-state index in [-0.39, 0.29) is 33.9 Å². The number of nitrogen functional groups attached to an aromatic ring is 1. The largest absolute Gasteiger partial charge is 0.382 e. The number of nitrogens with one attached hydrogen (secondary N) is 3. The van der Waals surface area contributed by atoms with Crippen LogP contribution in [0.2, 0.25) is 0 Å². The van der Waals surface area contributed by atoms with Crippen molar-refractivity contribution in [2.24, 2.45) is 0 Å². The smallest absolute Gasteiger partial charge is 0.277 e. The van der Waals surface area contributed by atoms with Gasteiger partial charge in [0.2, 0.25) is 5.91 Å². The normalized spacial score (nSPS) is 11.2. The van der Waals surface area contributed by atoms with Crippen molar-refractivity contribution in [1.82, 2.24) is 15.3 Å². The predicted octanol–water partition coefficient (Wildman–Crippen LogP) is 1.89. The maximum Gasteiger partial charge on any atom is 0.277 e. The first kappa shape index (κ1) is 21.4. The summed E-state index contributed by atoms with van der Waals surface area (Å²) in [6.45, 7) is 5.49. The SMILES string of the molecule is CC(C)(C)NC(=O)CSc1nc(N)c(NC(=O)c2ccc(F)c(F)c2)c(=O)[nH]1. The molecular formula is C17H19F2N5O3S. The highest BCUT2D eigenvalue weighted by molar-refractivity contribution is 7.99. The molecule has 2 aromatic rings. The Kier molecular flexibility index (Phi) is 6.39. The summed E-state index contributed by atoms with van der Waals surface area (Å²) in [7, 11) is 0. The van der Waals surface area contributed by atoms with Crippen LogP contribution in [0.4, 0.5) is 20.3 Å². The van der Waals surface area contributed by atoms with E-state index in [2.05, 4.69) is 20.6 Å². The van der Waals surface area contributed by atoms with E-state index in [1.807, 2.05) is 20.8 Å². The van der Waals surface area contributed by atoms with Gasteiger partial charge in [0.15, 0.2) is 22.6 Å². The van der Waals surface area contributed by atoms with Gasteiger partial charge in [-0.3, -0.25) is 19.4 Å². The van der Waals surface area contributed by atoms with Crippen LogP contribution in [0.1, 0.15) is 31.1 Å². The first-order chi connectivity index (χ1) is 13.0. The molecule has 1 aromatic heterocycles. The van der Waals surface area contributed by atoms with E-state index in [0.29, 0.717) is 6.07 Å². The van der Waals surface area contributed by atoms with Gasteiger partial charge < -0.3 is 16.4 Å². The van der Waals surface area contributed by atoms with E-state index in [1.54, 1.807) is 0 Å². The van der Waals surface area contributed by atoms with Crippen LogP contribution < -0.4 is 21.9 Å². The summed E-state index contributed by atoms with van der Waals surface area (Å²) in [5.41, 5.74) is 4.04. The Hall–Kier alpha value is -2.95. The van der Waals surface area contributed by atoms with Crippen LogP contribution in [0.15, 0.2) is 28.2 Å². The number of nitrogens with two attached hydrogens (primary N) is 1. The van der Waals surface area contributed by atoms with Crippen molar-refractivity contribution >= 4 is 35.1 Å². The maximum atomic E-state index is 13.2. The molecule has 0 saturated carbocycles. The van der Waals surface area contributed by atoms with Crippen molar-refractivity contribution in [2.45, 2.75) is 31.5 Å². The van der Waals surface area contributed by atoms with Crippen LogP contribution >= 0.6 is 11.8 Å². The van der Waals surface area contributed by atoms with Crippen molar-refractivity contribution in [3.63, 3.8) is 0 Å². The Bertz CT molecular complexity index is 972. The zero-order chi connectivity index (χ0) is 21.1. The standard InChI is InChI=1S/C17H19F2N5O3S/c1-17(2,3)24-11(25)7-28-16-22-13(20)12(15(27)23-16)21-14(26)8-4-5-9(18)10(19)6-8/h4-6H,7H2,1-3H3,(H,21,26)(H,24,25)(H3,20,22,23,27). The minimum absolute atomic E-state index is 0.000210. The molecule has 11 heteroatoms. The fourth-order valence-electron chi connectivity index (χ4n) is 2.07. The number of H-pyrrole nitrogens is 1. The van der Waals surface area contributed by atoms with Crippen LogP contribution in [-0.4, -0.2) is 33.1 Å². The number of aromatic amines is 1. The molecule has 8 nitrogen and oxygen atoms in total. The topological polar surface area (TPSA) is 130 Å². The average molecular weight is 411 g/mol. The second kappa shape index (κ2) is 8.38. The number of hydrogen-bond donors (Lipinski definition) is 4. The molecule has 0 aliphatic heterocycles. The Labute approximate surface area is 163 Å². The van der Waals surface area contributed by atoms with E-state index in [4.69, 9.17) is 5.73 Å². The molecule has 0 spiro atoms. The summed E-state index contributed by atoms with van der Waals surface area (Å²) in [6, 6.07) is 2.54. The molecule has 0 unspecified atom stereocenters. The lowest BCUT2D eigenvalue weighted by Crippen LogP contribution is -2.41. The molecule has 0 radical (unpaired) electrons. The van der Waals surface area contributed by atoms with Gasteiger partial charge in [0, 0.05) is 11.1 Å². The monoisotopic (exact) mass is 411 g/mol. The number of aromatic nitrogens is 2. The van der Waals surface area contributed by atoms with Crippen LogP contribution in [0, 0.1) is 11.6 Å². The molecule has 2 amide bonds. The van der Waals surface area contributed by atoms with Gasteiger partial charge in [-0.1, -0.05) is 11.8 Å². The first-order valence-corrected chi connectivity index (χ1v) is 9.05. The number of halogens is 2. The minimum atomic E-state index is -1.20. The van der Waals surface area contributed by atoms with Gasteiger partial charge in [0.1, 0.15) is 5.69 Å². The van der Waals surface area contributed by atoms with Crippen LogP contribution in [0.5, 0.6) is 0 Å². The predicted molar refractivity (Wildman–Crippen MR) is 102 cm³/mol. The van der Waals surface area contributed by atoms with E-state index >= 15 is 0 Å². The Morgan fingerprint density at radius 1 is 1.25 bits per heavy atom. The summed E-state index contributed by atoms with van der Waals surface area (Å²) in [4.78, 5) is 42.5. The van der Waals surface area contributed by atoms with Crippen molar-refractivity contribution in [3.8, 4) is 0 Å². The number of anilines is 2. The van der Waals surface area contributed by atoms with Crippen molar-refractivity contribution in [3.05, 3.63) is 45.8 Å². The quantitative estimate of drug-likeness (QED) is 0.439. The van der Waals surface area contributed by atoms with Gasteiger partial charge in [0.25, 0.3) is 11.5 Å². The molecule has 1 aromatic carbocycles. The Balaban J connectivity index is 2.11. The molecule has 150 valence electrons. The van der Waals surface area contributed by atoms with Gasteiger partial charge in [-0.05, 0) is 39.0 Å². The number of carbonyl (C=O) groups is 2. The fraction of sp³-hybridized carbons (Fsp3) is 0.294. The third kappa shape index (κ3) is 5.78. The molecule has 0 aliphatic rings. The highest BCUT2D eigenvalue weighted by Gasteiger charge is 2.17. The zero-order valence-electron chi connectivity index (χ0n) is 15.4. The molecule has 0 saturated heterocycles. The summed E-state index contributed by atoms with van der Waals surface area (Å²) in [6.07, 6.45) is 0. The van der Waals surface area contributed by atoms with E-state index < -0.39 is 28.6 Å². The lowest BCUT2D eigenvalue weighted by Gasteiger charge is -2.20. The third-order valence-corrected chi connectivity index (χ3v) is 4.07. The van der Waals surface area contributed by atoms with Crippen LogP contribution in [0.25, 0.3) is 0 Å². The van der Waals surface area contributed by atoms with Gasteiger partial charge in [0.05, 0.1) is 5.75 Å². The molecule has 1 heterocycles. The number of carbonyl (C=O) groups excluding carboxylic acids is 2. The molecular weight excluding hydrogens is 392 g/mol. The minimum Gasteiger partial charge on any atom is -0.382 e. The second-order valence-corrected chi connectivity index (χ2v) is 7.77. The number of hydrogen-bond acceptors (Lipinski definition) is 6. The van der Waals surface area contributed by atoms with E-state index in [1.165, 1.54) is 0 Å². The summed E-state index contributed by atoms with van der Waals surface area (Å²) < 4.78 is 26.2. The lowest BCUT2D eigenvalue weighted by molar-refractivity contribution is -0.119. The Morgan fingerprint density at radius 3 is 2.50 bits per heavy atom. The van der Waals surface area contributed by atoms with E-state index in [9.17, 15) is 23.2 Å². The van der Waals surface area contributed by atoms with Crippen molar-refractivity contribution in [2.75, 3.05) is 16.8 Å². The first-order valence-electron chi connectivity index (χ1n) is 8.06. The summed E-state index contributed by atoms with van der Waals surface area (Å²) in [5.74, 6) is -3.70.